The van der Waals surface area contributed by atoms with Crippen molar-refractivity contribution in [1.29, 1.82) is 0 Å². The van der Waals surface area contributed by atoms with Gasteiger partial charge in [0.2, 0.25) is 5.91 Å². The predicted molar refractivity (Wildman–Crippen MR) is 104 cm³/mol. The lowest BCUT2D eigenvalue weighted by Crippen LogP contribution is -2.13. The number of hydrogen-bond acceptors (Lipinski definition) is 3. The third-order valence-electron chi connectivity index (χ3n) is 4.08. The molecule has 0 aliphatic heterocycles. The first-order valence-electron chi connectivity index (χ1n) is 8.05. The minimum absolute atomic E-state index is 0.00990. The lowest BCUT2D eigenvalue weighted by Gasteiger charge is -2.09. The molecule has 0 radical (unpaired) electrons. The van der Waals surface area contributed by atoms with Gasteiger partial charge in [-0.05, 0) is 53.1 Å². The maximum Gasteiger partial charge on any atom is 0.337 e. The number of allylic oxidation sites excluding steroid dienone is 1. The zero-order valence-electron chi connectivity index (χ0n) is 14.2. The van der Waals surface area contributed by atoms with Crippen molar-refractivity contribution >= 4 is 39.6 Å². The molecule has 0 heterocycles. The fourth-order valence-electron chi connectivity index (χ4n) is 2.74. The number of fused-ring (bicyclic) bond motifs is 1. The highest BCUT2D eigenvalue weighted by Gasteiger charge is 2.12. The van der Waals surface area contributed by atoms with Crippen molar-refractivity contribution in [3.8, 4) is 0 Å². The fourth-order valence-corrected chi connectivity index (χ4v) is 2.74. The molecule has 26 heavy (non-hydrogen) atoms. The number of carbonyl (C=O) groups excluding carboxylic acids is 1. The smallest absolute Gasteiger partial charge is 0.337 e. The summed E-state index contributed by atoms with van der Waals surface area (Å²) < 4.78 is 0. The molecule has 0 bridgehead atoms. The Balaban J connectivity index is 1.86. The van der Waals surface area contributed by atoms with Gasteiger partial charge in [-0.2, -0.15) is 0 Å². The lowest BCUT2D eigenvalue weighted by molar-refractivity contribution is -0.111. The van der Waals surface area contributed by atoms with Gasteiger partial charge in [0.15, 0.2) is 0 Å². The van der Waals surface area contributed by atoms with E-state index in [1.165, 1.54) is 24.3 Å². The molecule has 0 aliphatic rings. The van der Waals surface area contributed by atoms with Crippen LogP contribution in [0.3, 0.4) is 0 Å². The number of benzene rings is 3. The van der Waals surface area contributed by atoms with Gasteiger partial charge >= 0.3 is 5.97 Å². The molecule has 0 aliphatic carbocycles. The summed E-state index contributed by atoms with van der Waals surface area (Å²) in [5, 5.41) is 14.0. The summed E-state index contributed by atoms with van der Waals surface area (Å²) >= 11 is 0. The summed E-state index contributed by atoms with van der Waals surface area (Å²) in [6.45, 7) is 1.83. The summed E-state index contributed by atoms with van der Waals surface area (Å²) in [5.41, 5.74) is 7.92. The average molecular weight is 346 g/mol. The SMILES string of the molecule is C/C(=C/C(=O)Nc1cc(N)ccc1C(=O)O)c1ccc2ccccc2c1. The molecule has 0 spiro atoms. The molecule has 130 valence electrons. The second-order valence-corrected chi connectivity index (χ2v) is 5.99. The minimum Gasteiger partial charge on any atom is -0.478 e. The Labute approximate surface area is 150 Å². The molecule has 0 saturated carbocycles. The van der Waals surface area contributed by atoms with E-state index in [1.54, 1.807) is 0 Å². The first-order chi connectivity index (χ1) is 12.4. The number of nitrogens with two attached hydrogens (primary N) is 1. The minimum atomic E-state index is -1.13. The number of carbonyl (C=O) groups is 2. The molecule has 0 atom stereocenters. The summed E-state index contributed by atoms with van der Waals surface area (Å²) in [6, 6.07) is 18.2. The monoisotopic (exact) mass is 346 g/mol. The van der Waals surface area contributed by atoms with Crippen molar-refractivity contribution in [2.24, 2.45) is 0 Å². The van der Waals surface area contributed by atoms with Crippen molar-refractivity contribution in [2.45, 2.75) is 6.92 Å². The molecule has 5 heteroatoms. The number of rotatable bonds is 4. The number of anilines is 2. The number of hydrogen-bond donors (Lipinski definition) is 3. The highest BCUT2D eigenvalue weighted by molar-refractivity contribution is 6.07. The van der Waals surface area contributed by atoms with Crippen LogP contribution in [0.15, 0.2) is 66.7 Å². The van der Waals surface area contributed by atoms with E-state index in [0.29, 0.717) is 5.69 Å². The van der Waals surface area contributed by atoms with Gasteiger partial charge in [0.05, 0.1) is 11.3 Å². The van der Waals surface area contributed by atoms with E-state index in [4.69, 9.17) is 5.73 Å². The predicted octanol–water partition coefficient (Wildman–Crippen LogP) is 4.16. The molecule has 0 fully saturated rings. The van der Waals surface area contributed by atoms with Crippen molar-refractivity contribution in [2.75, 3.05) is 11.1 Å². The Hall–Kier alpha value is -3.60. The van der Waals surface area contributed by atoms with Gasteiger partial charge in [0, 0.05) is 11.8 Å². The molecule has 1 amide bonds. The number of nitrogen functional groups attached to an aromatic ring is 1. The maximum absolute atomic E-state index is 12.3. The van der Waals surface area contributed by atoms with Gasteiger partial charge < -0.3 is 16.2 Å². The Morgan fingerprint density at radius 2 is 1.73 bits per heavy atom. The summed E-state index contributed by atoms with van der Waals surface area (Å²) in [7, 11) is 0. The summed E-state index contributed by atoms with van der Waals surface area (Å²) in [6.07, 6.45) is 1.44. The van der Waals surface area contributed by atoms with Crippen molar-refractivity contribution in [1.82, 2.24) is 0 Å². The highest BCUT2D eigenvalue weighted by Crippen LogP contribution is 2.22. The largest absolute Gasteiger partial charge is 0.478 e. The third kappa shape index (κ3) is 3.72. The standard InChI is InChI=1S/C21H18N2O3/c1-13(15-7-6-14-4-2-3-5-16(14)11-15)10-20(24)23-19-12-17(22)8-9-18(19)21(25)26/h2-12H,22H2,1H3,(H,23,24)(H,25,26)/b13-10-. The van der Waals surface area contributed by atoms with Crippen molar-refractivity contribution in [3.63, 3.8) is 0 Å². The van der Waals surface area contributed by atoms with E-state index >= 15 is 0 Å². The van der Waals surface area contributed by atoms with Gasteiger partial charge in [-0.25, -0.2) is 4.79 Å². The van der Waals surface area contributed by atoms with Crippen LogP contribution in [0.1, 0.15) is 22.8 Å². The lowest BCUT2D eigenvalue weighted by atomic mass is 10.0. The number of nitrogens with one attached hydrogen (secondary N) is 1. The molecule has 3 rings (SSSR count). The summed E-state index contributed by atoms with van der Waals surface area (Å²) in [5.74, 6) is -1.54. The molecular weight excluding hydrogens is 328 g/mol. The summed E-state index contributed by atoms with van der Waals surface area (Å²) in [4.78, 5) is 23.6. The van der Waals surface area contributed by atoms with Crippen molar-refractivity contribution < 1.29 is 14.7 Å². The zero-order valence-corrected chi connectivity index (χ0v) is 14.2. The van der Waals surface area contributed by atoms with Gasteiger partial charge in [0.1, 0.15) is 0 Å². The Bertz CT molecular complexity index is 1040. The molecular formula is C21H18N2O3. The van der Waals surface area contributed by atoms with Gasteiger partial charge in [0.25, 0.3) is 0 Å². The van der Waals surface area contributed by atoms with E-state index in [9.17, 15) is 14.7 Å². The molecule has 3 aromatic carbocycles. The van der Waals surface area contributed by atoms with Crippen LogP contribution in [0.25, 0.3) is 16.3 Å². The van der Waals surface area contributed by atoms with Crippen molar-refractivity contribution in [3.05, 3.63) is 77.9 Å². The second-order valence-electron chi connectivity index (χ2n) is 5.99. The first-order valence-corrected chi connectivity index (χ1v) is 8.05. The van der Waals surface area contributed by atoms with E-state index in [2.05, 4.69) is 5.32 Å². The topological polar surface area (TPSA) is 92.4 Å². The fraction of sp³-hybridized carbons (Fsp3) is 0.0476. The van der Waals surface area contributed by atoms with E-state index < -0.39 is 11.9 Å². The van der Waals surface area contributed by atoms with Crippen LogP contribution in [0, 0.1) is 0 Å². The molecule has 0 aromatic heterocycles. The second kappa shape index (κ2) is 7.11. The number of aromatic carboxylic acids is 1. The van der Waals surface area contributed by atoms with Gasteiger partial charge in [-0.1, -0.05) is 36.4 Å². The van der Waals surface area contributed by atoms with E-state index in [0.717, 1.165) is 21.9 Å². The molecule has 0 unspecified atom stereocenters. The molecule has 3 aromatic rings. The average Bonchev–Trinajstić information content (AvgIpc) is 2.61. The zero-order chi connectivity index (χ0) is 18.7. The molecule has 4 N–H and O–H groups in total. The number of amides is 1. The van der Waals surface area contributed by atoms with Crippen LogP contribution in [0.5, 0.6) is 0 Å². The quantitative estimate of drug-likeness (QED) is 0.488. The molecule has 0 saturated heterocycles. The Morgan fingerprint density at radius 3 is 2.46 bits per heavy atom. The van der Waals surface area contributed by atoms with Crippen LogP contribution < -0.4 is 11.1 Å². The van der Waals surface area contributed by atoms with Crippen LogP contribution in [0.2, 0.25) is 0 Å². The number of carboxylic acids is 1. The Morgan fingerprint density at radius 1 is 1.00 bits per heavy atom. The van der Waals surface area contributed by atoms with E-state index in [1.807, 2.05) is 49.4 Å². The van der Waals surface area contributed by atoms with Gasteiger partial charge in [-0.3, -0.25) is 4.79 Å². The van der Waals surface area contributed by atoms with Crippen LogP contribution in [0.4, 0.5) is 11.4 Å². The number of carboxylic acid groups (broad SMARTS) is 1. The third-order valence-corrected chi connectivity index (χ3v) is 4.08. The van der Waals surface area contributed by atoms with Crippen LogP contribution in [-0.4, -0.2) is 17.0 Å². The van der Waals surface area contributed by atoms with Crippen LogP contribution in [-0.2, 0) is 4.79 Å². The maximum atomic E-state index is 12.3. The van der Waals surface area contributed by atoms with Gasteiger partial charge in [-0.15, -0.1) is 0 Å². The highest BCUT2D eigenvalue weighted by atomic mass is 16.4. The first kappa shape index (κ1) is 17.2. The Kier molecular flexibility index (Phi) is 4.71. The van der Waals surface area contributed by atoms with Crippen LogP contribution >= 0.6 is 0 Å². The normalized spacial score (nSPS) is 11.3. The molecule has 5 nitrogen and oxygen atoms in total. The van der Waals surface area contributed by atoms with E-state index in [-0.39, 0.29) is 11.3 Å².